The number of nitriles is 1. The van der Waals surface area contributed by atoms with Crippen molar-refractivity contribution in [3.63, 3.8) is 0 Å². The minimum atomic E-state index is 0.486. The smallest absolute Gasteiger partial charge is 0.229 e. The molecule has 5 nitrogen and oxygen atoms in total. The second kappa shape index (κ2) is 6.80. The minimum absolute atomic E-state index is 0.486. The Labute approximate surface area is 141 Å². The van der Waals surface area contributed by atoms with Crippen LogP contribution in [0.1, 0.15) is 16.8 Å². The number of benzene rings is 2. The van der Waals surface area contributed by atoms with Gasteiger partial charge in [-0.1, -0.05) is 23.8 Å². The fraction of sp³-hybridized carbons (Fsp3) is 0.105. The van der Waals surface area contributed by atoms with Crippen molar-refractivity contribution < 1.29 is 0 Å². The van der Waals surface area contributed by atoms with Crippen LogP contribution >= 0.6 is 0 Å². The van der Waals surface area contributed by atoms with E-state index in [1.165, 1.54) is 5.56 Å². The summed E-state index contributed by atoms with van der Waals surface area (Å²) in [4.78, 5) is 8.88. The lowest BCUT2D eigenvalue weighted by Crippen LogP contribution is -2.02. The van der Waals surface area contributed by atoms with Crippen molar-refractivity contribution in [1.82, 2.24) is 9.97 Å². The normalized spacial score (nSPS) is 10.0. The van der Waals surface area contributed by atoms with E-state index < -0.39 is 0 Å². The zero-order chi connectivity index (χ0) is 16.9. The molecule has 2 aromatic carbocycles. The van der Waals surface area contributed by atoms with Gasteiger partial charge in [0.05, 0.1) is 11.6 Å². The summed E-state index contributed by atoms with van der Waals surface area (Å²) >= 11 is 0. The Bertz CT molecular complexity index is 894. The number of aryl methyl sites for hydroxylation is 2. The number of hydrogen-bond acceptors (Lipinski definition) is 5. The molecule has 5 heteroatoms. The summed E-state index contributed by atoms with van der Waals surface area (Å²) in [7, 11) is 0. The van der Waals surface area contributed by atoms with Gasteiger partial charge >= 0.3 is 0 Å². The lowest BCUT2D eigenvalue weighted by molar-refractivity contribution is 1.11. The Morgan fingerprint density at radius 3 is 2.42 bits per heavy atom. The molecular weight excluding hydrogens is 298 g/mol. The van der Waals surface area contributed by atoms with E-state index in [-0.39, 0.29) is 0 Å². The number of aromatic nitrogens is 2. The summed E-state index contributed by atoms with van der Waals surface area (Å²) < 4.78 is 0. The third-order valence-electron chi connectivity index (χ3n) is 3.43. The maximum atomic E-state index is 8.98. The second-order valence-corrected chi connectivity index (χ2v) is 5.53. The zero-order valence-corrected chi connectivity index (χ0v) is 13.5. The van der Waals surface area contributed by atoms with Crippen LogP contribution in [0.25, 0.3) is 0 Å². The third-order valence-corrected chi connectivity index (χ3v) is 3.43. The SMILES string of the molecule is Cc1ccc(Nc2cc(C)nc(Nc3cccc(C#N)c3)n2)cc1. The number of nitrogens with zero attached hydrogens (tertiary/aromatic N) is 3. The largest absolute Gasteiger partial charge is 0.340 e. The van der Waals surface area contributed by atoms with Crippen LogP contribution in [0, 0.1) is 25.2 Å². The van der Waals surface area contributed by atoms with Crippen molar-refractivity contribution in [2.45, 2.75) is 13.8 Å². The first-order valence-corrected chi connectivity index (χ1v) is 7.59. The van der Waals surface area contributed by atoms with Gasteiger partial charge < -0.3 is 10.6 Å². The van der Waals surface area contributed by atoms with Crippen LogP contribution in [-0.4, -0.2) is 9.97 Å². The average molecular weight is 315 g/mol. The first-order valence-electron chi connectivity index (χ1n) is 7.59. The van der Waals surface area contributed by atoms with E-state index in [1.807, 2.05) is 49.4 Å². The van der Waals surface area contributed by atoms with Crippen molar-refractivity contribution in [3.05, 3.63) is 71.4 Å². The van der Waals surface area contributed by atoms with E-state index in [4.69, 9.17) is 5.26 Å². The number of rotatable bonds is 4. The minimum Gasteiger partial charge on any atom is -0.340 e. The van der Waals surface area contributed by atoms with Gasteiger partial charge in [0.2, 0.25) is 5.95 Å². The highest BCUT2D eigenvalue weighted by Crippen LogP contribution is 2.20. The lowest BCUT2D eigenvalue weighted by atomic mass is 10.2. The fourth-order valence-electron chi connectivity index (χ4n) is 2.27. The molecule has 0 amide bonds. The van der Waals surface area contributed by atoms with E-state index in [1.54, 1.807) is 12.1 Å². The summed E-state index contributed by atoms with van der Waals surface area (Å²) in [5.74, 6) is 1.20. The van der Waals surface area contributed by atoms with E-state index in [0.29, 0.717) is 17.3 Å². The molecule has 0 atom stereocenters. The molecule has 0 radical (unpaired) electrons. The molecule has 3 aromatic rings. The Kier molecular flexibility index (Phi) is 4.39. The topological polar surface area (TPSA) is 73.6 Å². The highest BCUT2D eigenvalue weighted by Gasteiger charge is 2.04. The monoisotopic (exact) mass is 315 g/mol. The lowest BCUT2D eigenvalue weighted by Gasteiger charge is -2.10. The average Bonchev–Trinajstić information content (AvgIpc) is 2.56. The Morgan fingerprint density at radius 1 is 0.875 bits per heavy atom. The summed E-state index contributed by atoms with van der Waals surface area (Å²) in [6.45, 7) is 3.97. The third kappa shape index (κ3) is 3.87. The van der Waals surface area contributed by atoms with Crippen molar-refractivity contribution in [2.75, 3.05) is 10.6 Å². The van der Waals surface area contributed by atoms with Crippen molar-refractivity contribution in [2.24, 2.45) is 0 Å². The Morgan fingerprint density at radius 2 is 1.67 bits per heavy atom. The van der Waals surface area contributed by atoms with Gasteiger partial charge in [-0.3, -0.25) is 0 Å². The van der Waals surface area contributed by atoms with E-state index in [0.717, 1.165) is 17.1 Å². The van der Waals surface area contributed by atoms with Crippen LogP contribution in [0.5, 0.6) is 0 Å². The maximum absolute atomic E-state index is 8.98. The molecule has 0 saturated carbocycles. The maximum Gasteiger partial charge on any atom is 0.229 e. The van der Waals surface area contributed by atoms with Crippen molar-refractivity contribution in [1.29, 1.82) is 5.26 Å². The molecule has 118 valence electrons. The number of hydrogen-bond donors (Lipinski definition) is 2. The van der Waals surface area contributed by atoms with Crippen LogP contribution in [0.4, 0.5) is 23.1 Å². The Balaban J connectivity index is 1.83. The van der Waals surface area contributed by atoms with E-state index >= 15 is 0 Å². The predicted octanol–water partition coefficient (Wildman–Crippen LogP) is 4.45. The molecule has 0 unspecified atom stereocenters. The van der Waals surface area contributed by atoms with Gasteiger partial charge in [0.15, 0.2) is 0 Å². The molecule has 1 aromatic heterocycles. The first-order chi connectivity index (χ1) is 11.6. The second-order valence-electron chi connectivity index (χ2n) is 5.53. The van der Waals surface area contributed by atoms with Gasteiger partial charge in [-0.05, 0) is 44.2 Å². The van der Waals surface area contributed by atoms with Crippen LogP contribution < -0.4 is 10.6 Å². The fourth-order valence-corrected chi connectivity index (χ4v) is 2.27. The molecule has 2 N–H and O–H groups in total. The van der Waals surface area contributed by atoms with Crippen molar-refractivity contribution in [3.8, 4) is 6.07 Å². The van der Waals surface area contributed by atoms with Gasteiger partial charge in [0.25, 0.3) is 0 Å². The molecule has 0 bridgehead atoms. The molecule has 0 aliphatic carbocycles. The molecule has 0 aliphatic heterocycles. The molecule has 0 aliphatic rings. The highest BCUT2D eigenvalue weighted by molar-refractivity contribution is 5.61. The van der Waals surface area contributed by atoms with Crippen LogP contribution in [-0.2, 0) is 0 Å². The molecule has 1 heterocycles. The van der Waals surface area contributed by atoms with Crippen LogP contribution in [0.3, 0.4) is 0 Å². The molecule has 0 saturated heterocycles. The summed E-state index contributed by atoms with van der Waals surface area (Å²) in [6.07, 6.45) is 0. The summed E-state index contributed by atoms with van der Waals surface area (Å²) in [5, 5.41) is 15.4. The summed E-state index contributed by atoms with van der Waals surface area (Å²) in [6, 6.07) is 19.3. The van der Waals surface area contributed by atoms with Gasteiger partial charge in [-0.15, -0.1) is 0 Å². The van der Waals surface area contributed by atoms with Gasteiger partial charge in [-0.25, -0.2) is 4.98 Å². The quantitative estimate of drug-likeness (QED) is 0.744. The van der Waals surface area contributed by atoms with Gasteiger partial charge in [0, 0.05) is 23.1 Å². The summed E-state index contributed by atoms with van der Waals surface area (Å²) in [5.41, 5.74) is 4.39. The van der Waals surface area contributed by atoms with Crippen LogP contribution in [0.2, 0.25) is 0 Å². The standard InChI is InChI=1S/C19H17N5/c1-13-6-8-16(9-7-13)22-18-10-14(2)21-19(24-18)23-17-5-3-4-15(11-17)12-20/h3-11H,1-2H3,(H2,21,22,23,24). The highest BCUT2D eigenvalue weighted by atomic mass is 15.1. The van der Waals surface area contributed by atoms with E-state index in [2.05, 4.69) is 33.6 Å². The number of nitrogens with one attached hydrogen (secondary N) is 2. The Hall–Kier alpha value is -3.39. The predicted molar refractivity (Wildman–Crippen MR) is 95.7 cm³/mol. The molecule has 0 fully saturated rings. The first kappa shape index (κ1) is 15.5. The van der Waals surface area contributed by atoms with Crippen LogP contribution in [0.15, 0.2) is 54.6 Å². The zero-order valence-electron chi connectivity index (χ0n) is 13.5. The number of anilines is 4. The molecule has 24 heavy (non-hydrogen) atoms. The molecule has 3 rings (SSSR count). The molecular formula is C19H17N5. The van der Waals surface area contributed by atoms with E-state index in [9.17, 15) is 0 Å². The molecule has 0 spiro atoms. The van der Waals surface area contributed by atoms with Crippen molar-refractivity contribution >= 4 is 23.1 Å². The van der Waals surface area contributed by atoms with Gasteiger partial charge in [0.1, 0.15) is 5.82 Å². The van der Waals surface area contributed by atoms with Gasteiger partial charge in [-0.2, -0.15) is 10.2 Å².